The van der Waals surface area contributed by atoms with Crippen LogP contribution in [0.3, 0.4) is 0 Å². The van der Waals surface area contributed by atoms with Crippen molar-refractivity contribution in [2.24, 2.45) is 0 Å². The molecule has 0 fully saturated rings. The summed E-state index contributed by atoms with van der Waals surface area (Å²) in [5, 5.41) is 3.43. The van der Waals surface area contributed by atoms with Crippen molar-refractivity contribution in [1.29, 1.82) is 0 Å². The molecule has 1 N–H and O–H groups in total. The molecule has 0 saturated carbocycles. The van der Waals surface area contributed by atoms with Crippen molar-refractivity contribution in [2.75, 3.05) is 11.9 Å². The molecule has 0 aliphatic heterocycles. The van der Waals surface area contributed by atoms with E-state index in [-0.39, 0.29) is 5.91 Å². The van der Waals surface area contributed by atoms with Crippen molar-refractivity contribution in [3.05, 3.63) is 58.9 Å². The Balaban J connectivity index is 1.89. The summed E-state index contributed by atoms with van der Waals surface area (Å²) in [7, 11) is 0. The van der Waals surface area contributed by atoms with E-state index in [4.69, 9.17) is 16.3 Å². The summed E-state index contributed by atoms with van der Waals surface area (Å²) < 4.78 is 5.49. The molecule has 0 atom stereocenters. The number of rotatable bonds is 7. The van der Waals surface area contributed by atoms with Crippen LogP contribution in [0, 0.1) is 0 Å². The molecule has 0 spiro atoms. The maximum absolute atomic E-state index is 12.1. The van der Waals surface area contributed by atoms with Gasteiger partial charge in [0, 0.05) is 23.5 Å². The van der Waals surface area contributed by atoms with Crippen LogP contribution < -0.4 is 5.32 Å². The van der Waals surface area contributed by atoms with Gasteiger partial charge in [0.15, 0.2) is 0 Å². The van der Waals surface area contributed by atoms with Gasteiger partial charge in [-0.05, 0) is 42.8 Å². The Hall–Kier alpha value is -1.91. The van der Waals surface area contributed by atoms with Gasteiger partial charge in [-0.15, -0.1) is 0 Å². The molecule has 1 aromatic carbocycles. The SMILES string of the molecule is CCCCOCc1ccc(C(=O)Nc2ccc(Cl)cc2)cn1. The molecule has 0 aliphatic rings. The second kappa shape index (κ2) is 8.51. The van der Waals surface area contributed by atoms with Gasteiger partial charge in [-0.25, -0.2) is 0 Å². The third kappa shape index (κ3) is 5.13. The number of aromatic nitrogens is 1. The van der Waals surface area contributed by atoms with Crippen LogP contribution in [0.2, 0.25) is 5.02 Å². The Morgan fingerprint density at radius 2 is 2.00 bits per heavy atom. The molecule has 0 aliphatic carbocycles. The van der Waals surface area contributed by atoms with Crippen molar-refractivity contribution < 1.29 is 9.53 Å². The second-order valence-electron chi connectivity index (χ2n) is 4.91. The third-order valence-corrected chi connectivity index (χ3v) is 3.33. The van der Waals surface area contributed by atoms with Crippen LogP contribution in [0.1, 0.15) is 35.8 Å². The van der Waals surface area contributed by atoms with E-state index in [0.29, 0.717) is 22.9 Å². The molecule has 1 aromatic heterocycles. The number of hydrogen-bond acceptors (Lipinski definition) is 3. The Morgan fingerprint density at radius 3 is 2.64 bits per heavy atom. The molecule has 2 rings (SSSR count). The zero-order valence-corrected chi connectivity index (χ0v) is 13.3. The normalized spacial score (nSPS) is 10.5. The lowest BCUT2D eigenvalue weighted by molar-refractivity contribution is 0.102. The molecule has 22 heavy (non-hydrogen) atoms. The molecule has 0 bridgehead atoms. The summed E-state index contributed by atoms with van der Waals surface area (Å²) in [6, 6.07) is 10.5. The van der Waals surface area contributed by atoms with Crippen LogP contribution in [0.15, 0.2) is 42.6 Å². The number of pyridine rings is 1. The minimum absolute atomic E-state index is 0.201. The molecular formula is C17H19ClN2O2. The van der Waals surface area contributed by atoms with E-state index in [1.54, 1.807) is 36.5 Å². The minimum atomic E-state index is -0.201. The molecule has 2 aromatic rings. The Morgan fingerprint density at radius 1 is 1.23 bits per heavy atom. The van der Waals surface area contributed by atoms with Gasteiger partial charge in [-0.3, -0.25) is 9.78 Å². The fraction of sp³-hybridized carbons (Fsp3) is 0.294. The standard InChI is InChI=1S/C17H19ClN2O2/c1-2-3-10-22-12-16-7-4-13(11-19-16)17(21)20-15-8-5-14(18)6-9-15/h4-9,11H,2-3,10,12H2,1H3,(H,20,21). The Labute approximate surface area is 135 Å². The van der Waals surface area contributed by atoms with Crippen molar-refractivity contribution in [3.63, 3.8) is 0 Å². The van der Waals surface area contributed by atoms with Gasteiger partial charge < -0.3 is 10.1 Å². The quantitative estimate of drug-likeness (QED) is 0.774. The number of amides is 1. The van der Waals surface area contributed by atoms with Crippen LogP contribution in [0.4, 0.5) is 5.69 Å². The number of hydrogen-bond donors (Lipinski definition) is 1. The van der Waals surface area contributed by atoms with Crippen LogP contribution >= 0.6 is 11.6 Å². The van der Waals surface area contributed by atoms with E-state index in [2.05, 4.69) is 17.2 Å². The molecule has 0 saturated heterocycles. The zero-order valence-electron chi connectivity index (χ0n) is 12.5. The monoisotopic (exact) mass is 318 g/mol. The number of unbranched alkanes of at least 4 members (excludes halogenated alkanes) is 1. The highest BCUT2D eigenvalue weighted by atomic mass is 35.5. The van der Waals surface area contributed by atoms with Gasteiger partial charge in [-0.1, -0.05) is 24.9 Å². The highest BCUT2D eigenvalue weighted by Crippen LogP contribution is 2.14. The number of nitrogens with zero attached hydrogens (tertiary/aromatic N) is 1. The molecule has 1 amide bonds. The van der Waals surface area contributed by atoms with E-state index in [0.717, 1.165) is 25.1 Å². The lowest BCUT2D eigenvalue weighted by Gasteiger charge is -2.06. The Bertz CT molecular complexity index is 597. The largest absolute Gasteiger partial charge is 0.375 e. The lowest BCUT2D eigenvalue weighted by atomic mass is 10.2. The third-order valence-electron chi connectivity index (χ3n) is 3.08. The number of carbonyl (C=O) groups excluding carboxylic acids is 1. The van der Waals surface area contributed by atoms with Gasteiger partial charge in [0.25, 0.3) is 5.91 Å². The fourth-order valence-corrected chi connectivity index (χ4v) is 1.93. The van der Waals surface area contributed by atoms with Gasteiger partial charge in [-0.2, -0.15) is 0 Å². The first kappa shape index (κ1) is 16.5. The van der Waals surface area contributed by atoms with E-state index < -0.39 is 0 Å². The molecule has 5 heteroatoms. The highest BCUT2D eigenvalue weighted by Gasteiger charge is 2.07. The second-order valence-corrected chi connectivity index (χ2v) is 5.34. The summed E-state index contributed by atoms with van der Waals surface area (Å²) in [4.78, 5) is 16.3. The fourth-order valence-electron chi connectivity index (χ4n) is 1.80. The molecule has 1 heterocycles. The first-order valence-electron chi connectivity index (χ1n) is 7.28. The Kier molecular flexibility index (Phi) is 6.37. The van der Waals surface area contributed by atoms with Gasteiger partial charge >= 0.3 is 0 Å². The lowest BCUT2D eigenvalue weighted by Crippen LogP contribution is -2.12. The predicted octanol–water partition coefficient (Wildman–Crippen LogP) is 4.30. The number of ether oxygens (including phenoxy) is 1. The summed E-state index contributed by atoms with van der Waals surface area (Å²) in [5.74, 6) is -0.201. The highest BCUT2D eigenvalue weighted by molar-refractivity contribution is 6.30. The van der Waals surface area contributed by atoms with Crippen molar-refractivity contribution >= 4 is 23.2 Å². The van der Waals surface area contributed by atoms with Crippen LogP contribution in [0.5, 0.6) is 0 Å². The number of carbonyl (C=O) groups is 1. The minimum Gasteiger partial charge on any atom is -0.375 e. The maximum Gasteiger partial charge on any atom is 0.257 e. The van der Waals surface area contributed by atoms with Gasteiger partial charge in [0.05, 0.1) is 17.9 Å². The number of nitrogens with one attached hydrogen (secondary N) is 1. The molecule has 116 valence electrons. The molecule has 0 unspecified atom stereocenters. The average molecular weight is 319 g/mol. The maximum atomic E-state index is 12.1. The average Bonchev–Trinajstić information content (AvgIpc) is 2.54. The predicted molar refractivity (Wildman–Crippen MR) is 88.2 cm³/mol. The smallest absolute Gasteiger partial charge is 0.257 e. The van der Waals surface area contributed by atoms with Crippen LogP contribution in [-0.4, -0.2) is 17.5 Å². The summed E-state index contributed by atoms with van der Waals surface area (Å²) in [5.41, 5.74) is 2.02. The van der Waals surface area contributed by atoms with Crippen molar-refractivity contribution in [3.8, 4) is 0 Å². The van der Waals surface area contributed by atoms with Gasteiger partial charge in [0.2, 0.25) is 0 Å². The summed E-state index contributed by atoms with van der Waals surface area (Å²) in [6.45, 7) is 3.33. The summed E-state index contributed by atoms with van der Waals surface area (Å²) >= 11 is 5.81. The van der Waals surface area contributed by atoms with E-state index in [9.17, 15) is 4.79 Å². The van der Waals surface area contributed by atoms with Crippen LogP contribution in [0.25, 0.3) is 0 Å². The summed E-state index contributed by atoms with van der Waals surface area (Å²) in [6.07, 6.45) is 3.71. The van der Waals surface area contributed by atoms with Crippen LogP contribution in [-0.2, 0) is 11.3 Å². The van der Waals surface area contributed by atoms with E-state index in [1.165, 1.54) is 0 Å². The van der Waals surface area contributed by atoms with Crippen molar-refractivity contribution in [2.45, 2.75) is 26.4 Å². The van der Waals surface area contributed by atoms with E-state index >= 15 is 0 Å². The number of halogens is 1. The first-order valence-corrected chi connectivity index (χ1v) is 7.66. The first-order chi connectivity index (χ1) is 10.7. The number of benzene rings is 1. The number of anilines is 1. The topological polar surface area (TPSA) is 51.2 Å². The molecular weight excluding hydrogens is 300 g/mol. The van der Waals surface area contributed by atoms with E-state index in [1.807, 2.05) is 6.07 Å². The van der Waals surface area contributed by atoms with Crippen molar-refractivity contribution in [1.82, 2.24) is 4.98 Å². The van der Waals surface area contributed by atoms with Gasteiger partial charge in [0.1, 0.15) is 0 Å². The zero-order chi connectivity index (χ0) is 15.8. The molecule has 4 nitrogen and oxygen atoms in total. The molecule has 0 radical (unpaired) electrons.